The molecule has 0 aliphatic heterocycles. The Morgan fingerprint density at radius 3 is 2.68 bits per heavy atom. The predicted molar refractivity (Wildman–Crippen MR) is 88.4 cm³/mol. The summed E-state index contributed by atoms with van der Waals surface area (Å²) in [6.45, 7) is 5.70. The van der Waals surface area contributed by atoms with E-state index in [1.54, 1.807) is 7.11 Å². The van der Waals surface area contributed by atoms with Gasteiger partial charge in [-0.25, -0.2) is 0 Å². The number of benzene rings is 1. The van der Waals surface area contributed by atoms with E-state index in [2.05, 4.69) is 16.4 Å². The molecule has 0 radical (unpaired) electrons. The van der Waals surface area contributed by atoms with Crippen molar-refractivity contribution >= 4 is 0 Å². The average molecular weight is 300 g/mol. The molecule has 0 bridgehead atoms. The Morgan fingerprint density at radius 1 is 1.14 bits per heavy atom. The Bertz CT molecular complexity index is 571. The summed E-state index contributed by atoms with van der Waals surface area (Å²) in [5.41, 5.74) is 2.28. The van der Waals surface area contributed by atoms with Crippen LogP contribution >= 0.6 is 0 Å². The molecule has 0 atom stereocenters. The van der Waals surface area contributed by atoms with Gasteiger partial charge in [0.1, 0.15) is 0 Å². The predicted octanol–water partition coefficient (Wildman–Crippen LogP) is 3.21. The zero-order valence-corrected chi connectivity index (χ0v) is 13.5. The Hall–Kier alpha value is -2.07. The fourth-order valence-electron chi connectivity index (χ4n) is 2.17. The average Bonchev–Trinajstić information content (AvgIpc) is 2.53. The second-order valence-corrected chi connectivity index (χ2v) is 5.40. The Kier molecular flexibility index (Phi) is 6.22. The van der Waals surface area contributed by atoms with Gasteiger partial charge < -0.3 is 14.8 Å². The van der Waals surface area contributed by atoms with Gasteiger partial charge in [0.05, 0.1) is 13.2 Å². The highest BCUT2D eigenvalue weighted by Gasteiger charge is 2.07. The molecule has 2 aromatic rings. The minimum absolute atomic E-state index is 0.135. The molecule has 1 N–H and O–H groups in total. The molecule has 0 amide bonds. The lowest BCUT2D eigenvalue weighted by Gasteiger charge is -2.14. The summed E-state index contributed by atoms with van der Waals surface area (Å²) >= 11 is 0. The number of pyridine rings is 1. The molecular formula is C18H24N2O2. The molecule has 0 aliphatic carbocycles. The minimum Gasteiger partial charge on any atom is -0.493 e. The van der Waals surface area contributed by atoms with Gasteiger partial charge in [0.25, 0.3) is 0 Å². The molecule has 1 aromatic heterocycles. The van der Waals surface area contributed by atoms with Gasteiger partial charge in [-0.1, -0.05) is 12.1 Å². The molecule has 0 aliphatic rings. The van der Waals surface area contributed by atoms with Gasteiger partial charge in [-0.15, -0.1) is 0 Å². The van der Waals surface area contributed by atoms with E-state index in [-0.39, 0.29) is 6.10 Å². The minimum atomic E-state index is 0.135. The summed E-state index contributed by atoms with van der Waals surface area (Å²) in [4.78, 5) is 4.31. The zero-order valence-electron chi connectivity index (χ0n) is 13.5. The number of ether oxygens (including phenoxy) is 2. The molecule has 1 heterocycles. The number of hydrogen-bond donors (Lipinski definition) is 1. The van der Waals surface area contributed by atoms with Crippen molar-refractivity contribution in [3.05, 3.63) is 53.9 Å². The number of hydrogen-bond acceptors (Lipinski definition) is 4. The van der Waals surface area contributed by atoms with E-state index in [4.69, 9.17) is 9.47 Å². The van der Waals surface area contributed by atoms with Crippen LogP contribution in [0.3, 0.4) is 0 Å². The first-order valence-electron chi connectivity index (χ1n) is 7.63. The van der Waals surface area contributed by atoms with Gasteiger partial charge in [-0.3, -0.25) is 4.98 Å². The molecule has 0 saturated heterocycles. The first-order chi connectivity index (χ1) is 10.7. The third-order valence-corrected chi connectivity index (χ3v) is 3.20. The van der Waals surface area contributed by atoms with Crippen LogP contribution in [0.2, 0.25) is 0 Å². The smallest absolute Gasteiger partial charge is 0.161 e. The Labute approximate surface area is 132 Å². The van der Waals surface area contributed by atoms with Crippen molar-refractivity contribution in [1.29, 1.82) is 0 Å². The maximum Gasteiger partial charge on any atom is 0.161 e. The van der Waals surface area contributed by atoms with E-state index in [0.717, 1.165) is 36.7 Å². The summed E-state index contributed by atoms with van der Waals surface area (Å²) in [6.07, 6.45) is 2.89. The van der Waals surface area contributed by atoms with Crippen molar-refractivity contribution < 1.29 is 9.47 Å². The van der Waals surface area contributed by atoms with E-state index < -0.39 is 0 Å². The van der Waals surface area contributed by atoms with E-state index in [9.17, 15) is 0 Å². The van der Waals surface area contributed by atoms with Gasteiger partial charge in [0.15, 0.2) is 11.5 Å². The van der Waals surface area contributed by atoms with E-state index in [1.165, 1.54) is 5.56 Å². The molecule has 0 unspecified atom stereocenters. The Balaban J connectivity index is 1.85. The van der Waals surface area contributed by atoms with Crippen LogP contribution in [0.5, 0.6) is 11.5 Å². The molecule has 0 saturated carbocycles. The second kappa shape index (κ2) is 8.39. The third kappa shape index (κ3) is 5.04. The van der Waals surface area contributed by atoms with Crippen LogP contribution in [0.4, 0.5) is 0 Å². The third-order valence-electron chi connectivity index (χ3n) is 3.20. The van der Waals surface area contributed by atoms with Crippen LogP contribution in [0.1, 0.15) is 25.1 Å². The van der Waals surface area contributed by atoms with Gasteiger partial charge in [-0.2, -0.15) is 0 Å². The molecule has 4 nitrogen and oxygen atoms in total. The summed E-state index contributed by atoms with van der Waals surface area (Å²) in [7, 11) is 1.67. The van der Waals surface area contributed by atoms with Crippen molar-refractivity contribution in [3.63, 3.8) is 0 Å². The number of nitrogens with zero attached hydrogens (tertiary/aromatic N) is 1. The quantitative estimate of drug-likeness (QED) is 0.760. The molecule has 22 heavy (non-hydrogen) atoms. The summed E-state index contributed by atoms with van der Waals surface area (Å²) in [6, 6.07) is 12.0. The van der Waals surface area contributed by atoms with Crippen molar-refractivity contribution in [2.75, 3.05) is 13.7 Å². The fraction of sp³-hybridized carbons (Fsp3) is 0.389. The summed E-state index contributed by atoms with van der Waals surface area (Å²) < 4.78 is 11.1. The zero-order chi connectivity index (χ0) is 15.8. The van der Waals surface area contributed by atoms with Crippen LogP contribution in [0.15, 0.2) is 42.6 Å². The van der Waals surface area contributed by atoms with Gasteiger partial charge in [0.2, 0.25) is 0 Å². The van der Waals surface area contributed by atoms with Crippen LogP contribution in [0, 0.1) is 0 Å². The standard InChI is InChI=1S/C18H24N2O2/c1-14(2)22-17-8-7-15(12-18(17)21-3)13-19-11-9-16-6-4-5-10-20-16/h4-8,10,12,14,19H,9,11,13H2,1-3H3. The lowest BCUT2D eigenvalue weighted by atomic mass is 10.2. The topological polar surface area (TPSA) is 43.4 Å². The van der Waals surface area contributed by atoms with Crippen LogP contribution in [-0.4, -0.2) is 24.7 Å². The number of rotatable bonds is 8. The van der Waals surface area contributed by atoms with Crippen molar-refractivity contribution in [2.45, 2.75) is 32.9 Å². The fourth-order valence-corrected chi connectivity index (χ4v) is 2.17. The van der Waals surface area contributed by atoms with Crippen LogP contribution in [0.25, 0.3) is 0 Å². The first kappa shape index (κ1) is 16.3. The Morgan fingerprint density at radius 2 is 2.00 bits per heavy atom. The maximum absolute atomic E-state index is 5.72. The highest BCUT2D eigenvalue weighted by molar-refractivity contribution is 5.43. The monoisotopic (exact) mass is 300 g/mol. The largest absolute Gasteiger partial charge is 0.493 e. The second-order valence-electron chi connectivity index (χ2n) is 5.40. The normalized spacial score (nSPS) is 10.7. The molecule has 0 spiro atoms. The lowest BCUT2D eigenvalue weighted by Crippen LogP contribution is -2.17. The van der Waals surface area contributed by atoms with Gasteiger partial charge >= 0.3 is 0 Å². The van der Waals surface area contributed by atoms with Gasteiger partial charge in [-0.05, 0) is 43.7 Å². The van der Waals surface area contributed by atoms with E-state index in [1.807, 2.05) is 50.4 Å². The van der Waals surface area contributed by atoms with Crippen molar-refractivity contribution in [2.24, 2.45) is 0 Å². The highest BCUT2D eigenvalue weighted by atomic mass is 16.5. The summed E-state index contributed by atoms with van der Waals surface area (Å²) in [5, 5.41) is 3.43. The molecular weight excluding hydrogens is 276 g/mol. The van der Waals surface area contributed by atoms with Crippen molar-refractivity contribution in [3.8, 4) is 11.5 Å². The van der Waals surface area contributed by atoms with Crippen LogP contribution in [-0.2, 0) is 13.0 Å². The SMILES string of the molecule is COc1cc(CNCCc2ccccn2)ccc1OC(C)C. The lowest BCUT2D eigenvalue weighted by molar-refractivity contribution is 0.230. The highest BCUT2D eigenvalue weighted by Crippen LogP contribution is 2.28. The first-order valence-corrected chi connectivity index (χ1v) is 7.63. The van der Waals surface area contributed by atoms with Crippen LogP contribution < -0.4 is 14.8 Å². The molecule has 4 heteroatoms. The van der Waals surface area contributed by atoms with Gasteiger partial charge in [0, 0.05) is 31.4 Å². The number of methoxy groups -OCH3 is 1. The number of nitrogens with one attached hydrogen (secondary N) is 1. The maximum atomic E-state index is 5.72. The number of aromatic nitrogens is 1. The van der Waals surface area contributed by atoms with E-state index in [0.29, 0.717) is 0 Å². The van der Waals surface area contributed by atoms with E-state index >= 15 is 0 Å². The van der Waals surface area contributed by atoms with Crippen molar-refractivity contribution in [1.82, 2.24) is 10.3 Å². The molecule has 118 valence electrons. The molecule has 0 fully saturated rings. The summed E-state index contributed by atoms with van der Waals surface area (Å²) in [5.74, 6) is 1.56. The molecule has 1 aromatic carbocycles. The molecule has 2 rings (SSSR count).